The van der Waals surface area contributed by atoms with Crippen molar-refractivity contribution in [3.63, 3.8) is 0 Å². The lowest BCUT2D eigenvalue weighted by Gasteiger charge is -2.05. The minimum atomic E-state index is -0.380. The molecule has 1 aromatic rings. The van der Waals surface area contributed by atoms with E-state index in [9.17, 15) is 9.59 Å². The Morgan fingerprint density at radius 2 is 2.40 bits per heavy atom. The third-order valence-electron chi connectivity index (χ3n) is 1.80. The Labute approximate surface area is 86.7 Å². The van der Waals surface area contributed by atoms with Crippen molar-refractivity contribution >= 4 is 5.91 Å². The molecule has 15 heavy (non-hydrogen) atoms. The molecule has 5 heteroatoms. The van der Waals surface area contributed by atoms with Gasteiger partial charge >= 0.3 is 0 Å². The van der Waals surface area contributed by atoms with Gasteiger partial charge in [0, 0.05) is 12.6 Å². The zero-order chi connectivity index (χ0) is 11.3. The van der Waals surface area contributed by atoms with Crippen molar-refractivity contribution in [3.8, 4) is 6.07 Å². The maximum Gasteiger partial charge on any atom is 0.267 e. The second-order valence-electron chi connectivity index (χ2n) is 3.17. The summed E-state index contributed by atoms with van der Waals surface area (Å²) in [5.74, 6) is -0.626. The quantitative estimate of drug-likeness (QED) is 0.742. The first-order valence-corrected chi connectivity index (χ1v) is 4.50. The average molecular weight is 205 g/mol. The van der Waals surface area contributed by atoms with Gasteiger partial charge in [0.15, 0.2) is 0 Å². The van der Waals surface area contributed by atoms with Gasteiger partial charge in [-0.3, -0.25) is 9.59 Å². The van der Waals surface area contributed by atoms with Gasteiger partial charge in [0.25, 0.3) is 5.91 Å². The van der Waals surface area contributed by atoms with E-state index in [1.807, 2.05) is 6.07 Å². The van der Waals surface area contributed by atoms with E-state index in [0.717, 1.165) is 0 Å². The highest BCUT2D eigenvalue weighted by Gasteiger charge is 2.07. The predicted octanol–water partition coefficient (Wildman–Crippen LogP) is 0.264. The summed E-state index contributed by atoms with van der Waals surface area (Å²) in [4.78, 5) is 24.7. The molecule has 0 spiro atoms. The van der Waals surface area contributed by atoms with E-state index in [4.69, 9.17) is 5.26 Å². The summed E-state index contributed by atoms with van der Waals surface area (Å²) < 4.78 is 0. The minimum Gasteiger partial charge on any atom is -0.349 e. The monoisotopic (exact) mass is 205 g/mol. The molecular formula is C10H11N3O2. The van der Waals surface area contributed by atoms with Crippen LogP contribution < -0.4 is 10.9 Å². The molecule has 0 aliphatic carbocycles. The van der Waals surface area contributed by atoms with Gasteiger partial charge in [0.05, 0.1) is 12.0 Å². The molecule has 1 atom stereocenters. The lowest BCUT2D eigenvalue weighted by molar-refractivity contribution is 0.0945. The number of carbonyl (C=O) groups is 1. The summed E-state index contributed by atoms with van der Waals surface area (Å²) in [6, 6.07) is 6.33. The van der Waals surface area contributed by atoms with E-state index in [0.29, 0.717) is 0 Å². The number of nitrogens with one attached hydrogen (secondary N) is 2. The van der Waals surface area contributed by atoms with E-state index < -0.39 is 0 Å². The predicted molar refractivity (Wildman–Crippen MR) is 54.2 cm³/mol. The minimum absolute atomic E-state index is 0.202. The molecule has 1 amide bonds. The molecule has 1 aromatic heterocycles. The molecule has 0 aliphatic heterocycles. The van der Waals surface area contributed by atoms with Gasteiger partial charge < -0.3 is 10.3 Å². The number of pyridine rings is 1. The van der Waals surface area contributed by atoms with Crippen LogP contribution in [0.5, 0.6) is 0 Å². The highest BCUT2D eigenvalue weighted by atomic mass is 16.2. The molecule has 78 valence electrons. The van der Waals surface area contributed by atoms with Crippen molar-refractivity contribution < 1.29 is 4.79 Å². The fraction of sp³-hybridized carbons (Fsp3) is 0.300. The molecule has 0 aromatic carbocycles. The molecule has 1 rings (SSSR count). The first-order chi connectivity index (χ1) is 7.13. The standard InChI is InChI=1S/C10H11N3O2/c1-7(5-11)6-12-10(15)8-3-2-4-9(14)13-8/h2-4,7H,6H2,1H3,(H,12,15)(H,13,14). The second-order valence-corrected chi connectivity index (χ2v) is 3.17. The number of hydrogen-bond acceptors (Lipinski definition) is 3. The van der Waals surface area contributed by atoms with Crippen LogP contribution >= 0.6 is 0 Å². The Kier molecular flexibility index (Phi) is 3.63. The van der Waals surface area contributed by atoms with E-state index in [2.05, 4.69) is 10.3 Å². The van der Waals surface area contributed by atoms with Gasteiger partial charge in [-0.25, -0.2) is 0 Å². The van der Waals surface area contributed by atoms with Crippen LogP contribution in [0.2, 0.25) is 0 Å². The fourth-order valence-corrected chi connectivity index (χ4v) is 0.967. The lowest BCUT2D eigenvalue weighted by Crippen LogP contribution is -2.29. The third kappa shape index (κ3) is 3.27. The maximum atomic E-state index is 11.4. The van der Waals surface area contributed by atoms with E-state index in [1.54, 1.807) is 6.92 Å². The van der Waals surface area contributed by atoms with Crippen molar-refractivity contribution in [1.29, 1.82) is 5.26 Å². The molecule has 0 saturated heterocycles. The highest BCUT2D eigenvalue weighted by Crippen LogP contribution is 1.92. The van der Waals surface area contributed by atoms with Gasteiger partial charge in [-0.1, -0.05) is 6.07 Å². The summed E-state index contributed by atoms with van der Waals surface area (Å²) >= 11 is 0. The number of aromatic amines is 1. The molecule has 0 aliphatic rings. The van der Waals surface area contributed by atoms with Gasteiger partial charge in [-0.15, -0.1) is 0 Å². The average Bonchev–Trinajstić information content (AvgIpc) is 2.25. The zero-order valence-electron chi connectivity index (χ0n) is 8.28. The van der Waals surface area contributed by atoms with Crippen molar-refractivity contribution in [2.45, 2.75) is 6.92 Å². The lowest BCUT2D eigenvalue weighted by atomic mass is 10.2. The zero-order valence-corrected chi connectivity index (χ0v) is 8.28. The van der Waals surface area contributed by atoms with Crippen LogP contribution in [0.4, 0.5) is 0 Å². The summed E-state index contributed by atoms with van der Waals surface area (Å²) in [5.41, 5.74) is -0.122. The van der Waals surface area contributed by atoms with Crippen LogP contribution in [0.25, 0.3) is 0 Å². The number of nitriles is 1. The molecule has 1 heterocycles. The molecular weight excluding hydrogens is 194 g/mol. The topological polar surface area (TPSA) is 85.8 Å². The number of aromatic nitrogens is 1. The van der Waals surface area contributed by atoms with Crippen LogP contribution in [0.3, 0.4) is 0 Å². The van der Waals surface area contributed by atoms with Crippen molar-refractivity contribution in [2.24, 2.45) is 5.92 Å². The first-order valence-electron chi connectivity index (χ1n) is 4.50. The van der Waals surface area contributed by atoms with Gasteiger partial charge in [0.2, 0.25) is 5.56 Å². The molecule has 0 fully saturated rings. The van der Waals surface area contributed by atoms with Crippen LogP contribution in [0.1, 0.15) is 17.4 Å². The normalized spacial score (nSPS) is 11.5. The Bertz CT molecular complexity index is 444. The van der Waals surface area contributed by atoms with E-state index in [-0.39, 0.29) is 29.6 Å². The number of hydrogen-bond donors (Lipinski definition) is 2. The third-order valence-corrected chi connectivity index (χ3v) is 1.80. The Hall–Kier alpha value is -2.09. The number of carbonyl (C=O) groups excluding carboxylic acids is 1. The smallest absolute Gasteiger partial charge is 0.267 e. The number of nitrogens with zero attached hydrogens (tertiary/aromatic N) is 1. The number of rotatable bonds is 3. The van der Waals surface area contributed by atoms with Crippen molar-refractivity contribution in [3.05, 3.63) is 34.2 Å². The fourth-order valence-electron chi connectivity index (χ4n) is 0.967. The molecule has 2 N–H and O–H groups in total. The highest BCUT2D eigenvalue weighted by molar-refractivity contribution is 5.92. The SMILES string of the molecule is CC(C#N)CNC(=O)c1cccc(=O)[nH]1. The first kappa shape index (κ1) is 11.0. The maximum absolute atomic E-state index is 11.4. The van der Waals surface area contributed by atoms with Crippen LogP contribution in [-0.4, -0.2) is 17.4 Å². The van der Waals surface area contributed by atoms with E-state index >= 15 is 0 Å². The molecule has 1 unspecified atom stereocenters. The van der Waals surface area contributed by atoms with Crippen molar-refractivity contribution in [2.75, 3.05) is 6.54 Å². The van der Waals surface area contributed by atoms with E-state index in [1.165, 1.54) is 18.2 Å². The largest absolute Gasteiger partial charge is 0.349 e. The second kappa shape index (κ2) is 4.96. The number of H-pyrrole nitrogens is 1. The number of amides is 1. The summed E-state index contributed by atoms with van der Waals surface area (Å²) in [6.07, 6.45) is 0. The van der Waals surface area contributed by atoms with Gasteiger partial charge in [-0.05, 0) is 13.0 Å². The summed E-state index contributed by atoms with van der Waals surface area (Å²) in [6.45, 7) is 1.97. The Morgan fingerprint density at radius 3 is 3.00 bits per heavy atom. The summed E-state index contributed by atoms with van der Waals surface area (Å²) in [5, 5.41) is 11.0. The Balaban J connectivity index is 2.63. The molecule has 0 radical (unpaired) electrons. The van der Waals surface area contributed by atoms with Crippen LogP contribution in [-0.2, 0) is 0 Å². The van der Waals surface area contributed by atoms with Crippen LogP contribution in [0.15, 0.2) is 23.0 Å². The summed E-state index contributed by atoms with van der Waals surface area (Å²) in [7, 11) is 0. The molecule has 5 nitrogen and oxygen atoms in total. The van der Waals surface area contributed by atoms with Gasteiger partial charge in [0.1, 0.15) is 5.69 Å². The van der Waals surface area contributed by atoms with Gasteiger partial charge in [-0.2, -0.15) is 5.26 Å². The molecule has 0 bridgehead atoms. The Morgan fingerprint density at radius 1 is 1.67 bits per heavy atom. The van der Waals surface area contributed by atoms with Crippen molar-refractivity contribution in [1.82, 2.24) is 10.3 Å². The van der Waals surface area contributed by atoms with Crippen LogP contribution in [0, 0.1) is 17.2 Å². The molecule has 0 saturated carbocycles.